The second-order valence-corrected chi connectivity index (χ2v) is 5.30. The SMILES string of the molecule is Cc1cccc(NC(=O)CNc2cccc3ccccc23)c1. The third-order valence-corrected chi connectivity index (χ3v) is 3.53. The maximum atomic E-state index is 12.1. The molecule has 0 aliphatic carbocycles. The Balaban J connectivity index is 1.68. The van der Waals surface area contributed by atoms with Gasteiger partial charge < -0.3 is 10.6 Å². The van der Waals surface area contributed by atoms with Crippen LogP contribution in [0.3, 0.4) is 0 Å². The van der Waals surface area contributed by atoms with Gasteiger partial charge in [0.1, 0.15) is 0 Å². The lowest BCUT2D eigenvalue weighted by molar-refractivity contribution is -0.114. The smallest absolute Gasteiger partial charge is 0.243 e. The van der Waals surface area contributed by atoms with E-state index in [4.69, 9.17) is 0 Å². The Morgan fingerprint density at radius 3 is 2.59 bits per heavy atom. The predicted molar refractivity (Wildman–Crippen MR) is 92.2 cm³/mol. The highest BCUT2D eigenvalue weighted by molar-refractivity contribution is 5.97. The zero-order valence-corrected chi connectivity index (χ0v) is 12.5. The summed E-state index contributed by atoms with van der Waals surface area (Å²) in [6.45, 7) is 2.24. The number of hydrogen-bond donors (Lipinski definition) is 2. The molecular formula is C19H18N2O. The van der Waals surface area contributed by atoms with Crippen molar-refractivity contribution in [3.05, 3.63) is 72.3 Å². The van der Waals surface area contributed by atoms with Crippen LogP contribution in [0.5, 0.6) is 0 Å². The van der Waals surface area contributed by atoms with Gasteiger partial charge in [0.2, 0.25) is 5.91 Å². The zero-order chi connectivity index (χ0) is 15.4. The normalized spacial score (nSPS) is 10.4. The number of amides is 1. The van der Waals surface area contributed by atoms with E-state index in [9.17, 15) is 4.79 Å². The van der Waals surface area contributed by atoms with Crippen LogP contribution in [0.4, 0.5) is 11.4 Å². The number of carbonyl (C=O) groups is 1. The Bertz CT molecular complexity index is 806. The van der Waals surface area contributed by atoms with Crippen LogP contribution >= 0.6 is 0 Å². The molecule has 0 saturated carbocycles. The Morgan fingerprint density at radius 1 is 0.955 bits per heavy atom. The third-order valence-electron chi connectivity index (χ3n) is 3.53. The first kappa shape index (κ1) is 14.1. The van der Waals surface area contributed by atoms with Gasteiger partial charge >= 0.3 is 0 Å². The van der Waals surface area contributed by atoms with Gasteiger partial charge in [0, 0.05) is 16.8 Å². The van der Waals surface area contributed by atoms with E-state index >= 15 is 0 Å². The van der Waals surface area contributed by atoms with Crippen molar-refractivity contribution in [2.24, 2.45) is 0 Å². The Kier molecular flexibility index (Phi) is 4.05. The number of hydrogen-bond acceptors (Lipinski definition) is 2. The summed E-state index contributed by atoms with van der Waals surface area (Å²) in [6, 6.07) is 21.9. The summed E-state index contributed by atoms with van der Waals surface area (Å²) in [5.41, 5.74) is 2.92. The van der Waals surface area contributed by atoms with Crippen molar-refractivity contribution in [2.75, 3.05) is 17.2 Å². The minimum atomic E-state index is -0.0569. The fourth-order valence-electron chi connectivity index (χ4n) is 2.48. The van der Waals surface area contributed by atoms with E-state index in [1.165, 1.54) is 0 Å². The molecule has 0 bridgehead atoms. The molecular weight excluding hydrogens is 272 g/mol. The summed E-state index contributed by atoms with van der Waals surface area (Å²) in [6.07, 6.45) is 0. The van der Waals surface area contributed by atoms with Gasteiger partial charge in [-0.25, -0.2) is 0 Å². The molecule has 3 nitrogen and oxygen atoms in total. The molecule has 0 unspecified atom stereocenters. The lowest BCUT2D eigenvalue weighted by atomic mass is 10.1. The first-order valence-electron chi connectivity index (χ1n) is 7.30. The largest absolute Gasteiger partial charge is 0.376 e. The van der Waals surface area contributed by atoms with Crippen molar-refractivity contribution in [3.63, 3.8) is 0 Å². The van der Waals surface area contributed by atoms with E-state index in [1.807, 2.05) is 55.5 Å². The molecule has 0 aliphatic rings. The Morgan fingerprint density at radius 2 is 1.73 bits per heavy atom. The van der Waals surface area contributed by atoms with Gasteiger partial charge in [0.25, 0.3) is 0 Å². The van der Waals surface area contributed by atoms with Crippen LogP contribution in [0.1, 0.15) is 5.56 Å². The van der Waals surface area contributed by atoms with Crippen LogP contribution < -0.4 is 10.6 Å². The van der Waals surface area contributed by atoms with E-state index in [-0.39, 0.29) is 12.5 Å². The lowest BCUT2D eigenvalue weighted by Gasteiger charge is -2.10. The number of rotatable bonds is 4. The number of fused-ring (bicyclic) bond motifs is 1. The molecule has 3 rings (SSSR count). The van der Waals surface area contributed by atoms with Gasteiger partial charge in [0.05, 0.1) is 6.54 Å². The number of benzene rings is 3. The van der Waals surface area contributed by atoms with Crippen molar-refractivity contribution in [3.8, 4) is 0 Å². The van der Waals surface area contributed by atoms with Gasteiger partial charge in [-0.3, -0.25) is 4.79 Å². The monoisotopic (exact) mass is 290 g/mol. The second kappa shape index (κ2) is 6.31. The second-order valence-electron chi connectivity index (χ2n) is 5.30. The van der Waals surface area contributed by atoms with E-state index in [1.54, 1.807) is 0 Å². The highest BCUT2D eigenvalue weighted by Crippen LogP contribution is 2.22. The van der Waals surface area contributed by atoms with Gasteiger partial charge in [-0.05, 0) is 36.1 Å². The fraction of sp³-hybridized carbons (Fsp3) is 0.105. The van der Waals surface area contributed by atoms with Gasteiger partial charge in [-0.2, -0.15) is 0 Å². The lowest BCUT2D eigenvalue weighted by Crippen LogP contribution is -2.21. The van der Waals surface area contributed by atoms with E-state index in [0.29, 0.717) is 0 Å². The van der Waals surface area contributed by atoms with Crippen LogP contribution in [-0.2, 0) is 4.79 Å². The molecule has 0 aromatic heterocycles. The average molecular weight is 290 g/mol. The Labute approximate surface area is 130 Å². The van der Waals surface area contributed by atoms with Crippen molar-refractivity contribution in [1.29, 1.82) is 0 Å². The van der Waals surface area contributed by atoms with Crippen molar-refractivity contribution in [2.45, 2.75) is 6.92 Å². The minimum absolute atomic E-state index is 0.0569. The number of aryl methyl sites for hydroxylation is 1. The third kappa shape index (κ3) is 3.26. The molecule has 0 saturated heterocycles. The summed E-state index contributed by atoms with van der Waals surface area (Å²) in [4.78, 5) is 12.1. The molecule has 110 valence electrons. The summed E-state index contributed by atoms with van der Waals surface area (Å²) in [5.74, 6) is -0.0569. The highest BCUT2D eigenvalue weighted by Gasteiger charge is 2.04. The van der Waals surface area contributed by atoms with Gasteiger partial charge in [-0.15, -0.1) is 0 Å². The first-order valence-corrected chi connectivity index (χ1v) is 7.30. The van der Waals surface area contributed by atoms with Gasteiger partial charge in [-0.1, -0.05) is 48.5 Å². The maximum Gasteiger partial charge on any atom is 0.243 e. The van der Waals surface area contributed by atoms with E-state index in [0.717, 1.165) is 27.7 Å². The summed E-state index contributed by atoms with van der Waals surface area (Å²) in [7, 11) is 0. The molecule has 1 amide bonds. The molecule has 2 N–H and O–H groups in total. The first-order chi connectivity index (χ1) is 10.7. The molecule has 0 spiro atoms. The molecule has 3 aromatic rings. The average Bonchev–Trinajstić information content (AvgIpc) is 2.53. The fourth-order valence-corrected chi connectivity index (χ4v) is 2.48. The quantitative estimate of drug-likeness (QED) is 0.756. The van der Waals surface area contributed by atoms with Crippen molar-refractivity contribution in [1.82, 2.24) is 0 Å². The molecule has 0 atom stereocenters. The topological polar surface area (TPSA) is 41.1 Å². The molecule has 22 heavy (non-hydrogen) atoms. The Hall–Kier alpha value is -2.81. The maximum absolute atomic E-state index is 12.1. The van der Waals surface area contributed by atoms with Crippen LogP contribution in [-0.4, -0.2) is 12.5 Å². The molecule has 3 heteroatoms. The zero-order valence-electron chi connectivity index (χ0n) is 12.5. The van der Waals surface area contributed by atoms with Gasteiger partial charge in [0.15, 0.2) is 0 Å². The summed E-state index contributed by atoms with van der Waals surface area (Å²) in [5, 5.41) is 8.39. The van der Waals surface area contributed by atoms with E-state index < -0.39 is 0 Å². The molecule has 0 radical (unpaired) electrons. The molecule has 0 heterocycles. The van der Waals surface area contributed by atoms with Crippen molar-refractivity contribution < 1.29 is 4.79 Å². The number of anilines is 2. The van der Waals surface area contributed by atoms with Crippen LogP contribution in [0.25, 0.3) is 10.8 Å². The van der Waals surface area contributed by atoms with Crippen molar-refractivity contribution >= 4 is 28.1 Å². The van der Waals surface area contributed by atoms with E-state index in [2.05, 4.69) is 28.8 Å². The minimum Gasteiger partial charge on any atom is -0.376 e. The number of nitrogens with one attached hydrogen (secondary N) is 2. The summed E-state index contributed by atoms with van der Waals surface area (Å²) < 4.78 is 0. The van der Waals surface area contributed by atoms with Crippen LogP contribution in [0.15, 0.2) is 66.7 Å². The van der Waals surface area contributed by atoms with Crippen LogP contribution in [0, 0.1) is 6.92 Å². The van der Waals surface area contributed by atoms with Crippen LogP contribution in [0.2, 0.25) is 0 Å². The number of carbonyl (C=O) groups excluding carboxylic acids is 1. The standard InChI is InChI=1S/C19H18N2O/c1-14-6-4-9-16(12-14)21-19(22)13-20-18-11-5-8-15-7-2-3-10-17(15)18/h2-12,20H,13H2,1H3,(H,21,22). The predicted octanol–water partition coefficient (Wildman–Crippen LogP) is 4.20. The molecule has 3 aromatic carbocycles. The molecule has 0 fully saturated rings. The highest BCUT2D eigenvalue weighted by atomic mass is 16.1. The summed E-state index contributed by atoms with van der Waals surface area (Å²) >= 11 is 0. The molecule has 0 aliphatic heterocycles.